The maximum absolute atomic E-state index is 6.89. The normalized spacial score (nSPS) is 9.84. The van der Waals surface area contributed by atoms with E-state index in [1.165, 1.54) is 0 Å². The van der Waals surface area contributed by atoms with E-state index in [9.17, 15) is 0 Å². The van der Waals surface area contributed by atoms with Crippen LogP contribution in [0.4, 0.5) is 11.4 Å². The van der Waals surface area contributed by atoms with Crippen LogP contribution in [-0.4, -0.2) is 5.16 Å². The van der Waals surface area contributed by atoms with Crippen molar-refractivity contribution in [2.75, 3.05) is 0 Å². The lowest BCUT2D eigenvalue weighted by Gasteiger charge is -1.96. The fourth-order valence-corrected chi connectivity index (χ4v) is 1.67. The molecule has 2 aromatic carbocycles. The Bertz CT molecular complexity index is 670. The summed E-state index contributed by atoms with van der Waals surface area (Å²) in [5.74, 6) is 0. The number of hydrogen-bond acceptors (Lipinski definition) is 2. The summed E-state index contributed by atoms with van der Waals surface area (Å²) in [7, 11) is 0. The summed E-state index contributed by atoms with van der Waals surface area (Å²) in [4.78, 5) is 7.26. The second-order valence-corrected chi connectivity index (χ2v) is 4.01. The van der Waals surface area contributed by atoms with E-state index in [1.54, 1.807) is 0 Å². The van der Waals surface area contributed by atoms with Gasteiger partial charge in [0.2, 0.25) is 0 Å². The lowest BCUT2D eigenvalue weighted by atomic mass is 10.1. The third-order valence-corrected chi connectivity index (χ3v) is 2.65. The smallest absolute Gasteiger partial charge is 0.187 e. The summed E-state index contributed by atoms with van der Waals surface area (Å²) in [5, 5.41) is 2.34. The fraction of sp³-hybridized carbons (Fsp3) is 0. The molecule has 0 aliphatic rings. The van der Waals surface area contributed by atoms with E-state index >= 15 is 0 Å². The predicted octanol–water partition coefficient (Wildman–Crippen LogP) is 5.14. The Morgan fingerprint density at radius 1 is 0.947 bits per heavy atom. The second-order valence-electron chi connectivity index (χ2n) is 3.83. The van der Waals surface area contributed by atoms with Crippen molar-refractivity contribution >= 4 is 40.9 Å². The maximum Gasteiger partial charge on any atom is 0.187 e. The van der Waals surface area contributed by atoms with Crippen LogP contribution in [0.3, 0.4) is 0 Å². The molecule has 0 unspecified atom stereocenters. The highest BCUT2D eigenvalue weighted by Gasteiger charge is 1.91. The number of thiocarbonyl (C=S) groups is 1. The van der Waals surface area contributed by atoms with Crippen LogP contribution in [0.1, 0.15) is 11.1 Å². The Labute approximate surface area is 117 Å². The van der Waals surface area contributed by atoms with Crippen molar-refractivity contribution in [3.05, 3.63) is 71.1 Å². The molecular formula is C16H10N2S. The molecule has 0 atom stereocenters. The van der Waals surface area contributed by atoms with Crippen molar-refractivity contribution in [1.29, 1.82) is 0 Å². The van der Waals surface area contributed by atoms with E-state index in [4.69, 9.17) is 6.57 Å². The molecule has 0 heterocycles. The highest BCUT2D eigenvalue weighted by Crippen LogP contribution is 2.16. The molecule has 0 amide bonds. The number of hydrogen-bond donors (Lipinski definition) is 0. The van der Waals surface area contributed by atoms with Crippen LogP contribution in [0.2, 0.25) is 0 Å². The largest absolute Gasteiger partial charge is 0.238 e. The summed E-state index contributed by atoms with van der Waals surface area (Å²) < 4.78 is 0. The second kappa shape index (κ2) is 6.42. The maximum atomic E-state index is 6.89. The molecule has 0 aliphatic heterocycles. The van der Waals surface area contributed by atoms with Crippen LogP contribution in [0.15, 0.2) is 53.5 Å². The van der Waals surface area contributed by atoms with E-state index in [2.05, 4.69) is 27.2 Å². The molecule has 2 rings (SSSR count). The van der Waals surface area contributed by atoms with Gasteiger partial charge in [-0.25, -0.2) is 4.85 Å². The molecule has 0 spiro atoms. The first-order valence-electron chi connectivity index (χ1n) is 5.65. The molecule has 0 fully saturated rings. The lowest BCUT2D eigenvalue weighted by molar-refractivity contribution is 1.54. The molecule has 0 N–H and O–H groups in total. The topological polar surface area (TPSA) is 16.7 Å². The molecule has 90 valence electrons. The standard InChI is InChI=1S/C16H10N2S/c1-17-15-8-4-13(5-9-15)2-3-14-6-10-16(11-7-14)18-12-19/h2-11H. The van der Waals surface area contributed by atoms with E-state index in [-0.39, 0.29) is 0 Å². The van der Waals surface area contributed by atoms with E-state index < -0.39 is 0 Å². The van der Waals surface area contributed by atoms with Crippen LogP contribution in [0.5, 0.6) is 0 Å². The van der Waals surface area contributed by atoms with Gasteiger partial charge in [-0.3, -0.25) is 0 Å². The summed E-state index contributed by atoms with van der Waals surface area (Å²) in [5.41, 5.74) is 3.60. The summed E-state index contributed by atoms with van der Waals surface area (Å²) in [6.45, 7) is 6.89. The Balaban J connectivity index is 2.13. The van der Waals surface area contributed by atoms with Gasteiger partial charge in [-0.05, 0) is 35.5 Å². The highest BCUT2D eigenvalue weighted by atomic mass is 32.1. The zero-order chi connectivity index (χ0) is 13.5. The van der Waals surface area contributed by atoms with Gasteiger partial charge < -0.3 is 0 Å². The Kier molecular flexibility index (Phi) is 4.36. The van der Waals surface area contributed by atoms with Gasteiger partial charge in [0.05, 0.1) is 17.4 Å². The van der Waals surface area contributed by atoms with Crippen molar-refractivity contribution in [3.63, 3.8) is 0 Å². The van der Waals surface area contributed by atoms with Crippen molar-refractivity contribution in [2.24, 2.45) is 4.99 Å². The predicted molar refractivity (Wildman–Crippen MR) is 82.8 cm³/mol. The first-order chi connectivity index (χ1) is 9.31. The summed E-state index contributed by atoms with van der Waals surface area (Å²) in [6.07, 6.45) is 4.02. The molecule has 3 heteroatoms. The quantitative estimate of drug-likeness (QED) is 0.324. The summed E-state index contributed by atoms with van der Waals surface area (Å²) >= 11 is 4.55. The SMILES string of the molecule is [C-]#[N+]c1ccc(C=Cc2ccc(N=C=S)cc2)cc1. The molecule has 0 aromatic heterocycles. The molecule has 19 heavy (non-hydrogen) atoms. The highest BCUT2D eigenvalue weighted by molar-refractivity contribution is 7.78. The monoisotopic (exact) mass is 262 g/mol. The molecule has 2 aromatic rings. The molecule has 2 nitrogen and oxygen atoms in total. The Morgan fingerprint density at radius 2 is 1.47 bits per heavy atom. The van der Waals surface area contributed by atoms with Crippen LogP contribution < -0.4 is 0 Å². The minimum atomic E-state index is 0.652. The average Bonchev–Trinajstić information content (AvgIpc) is 2.47. The van der Waals surface area contributed by atoms with Gasteiger partial charge >= 0.3 is 0 Å². The Morgan fingerprint density at radius 3 is 1.95 bits per heavy atom. The molecular weight excluding hydrogens is 252 g/mol. The van der Waals surface area contributed by atoms with Crippen molar-refractivity contribution in [1.82, 2.24) is 0 Å². The number of rotatable bonds is 3. The van der Waals surface area contributed by atoms with Gasteiger partial charge in [-0.2, -0.15) is 4.99 Å². The number of aliphatic imine (C=N–C) groups is 1. The first kappa shape index (κ1) is 12.9. The van der Waals surface area contributed by atoms with Gasteiger partial charge in [-0.1, -0.05) is 48.6 Å². The van der Waals surface area contributed by atoms with Gasteiger partial charge in [0, 0.05) is 0 Å². The van der Waals surface area contributed by atoms with Crippen LogP contribution in [0, 0.1) is 6.57 Å². The minimum absolute atomic E-state index is 0.652. The molecule has 0 saturated carbocycles. The van der Waals surface area contributed by atoms with Crippen molar-refractivity contribution < 1.29 is 0 Å². The van der Waals surface area contributed by atoms with Gasteiger partial charge in [0.1, 0.15) is 0 Å². The lowest BCUT2D eigenvalue weighted by Crippen LogP contribution is -1.72. The van der Waals surface area contributed by atoms with Gasteiger partial charge in [0.15, 0.2) is 5.69 Å². The summed E-state index contributed by atoms with van der Waals surface area (Å²) in [6, 6.07) is 15.2. The van der Waals surface area contributed by atoms with Crippen LogP contribution >= 0.6 is 12.2 Å². The third-order valence-electron chi connectivity index (χ3n) is 2.56. The zero-order valence-electron chi connectivity index (χ0n) is 10.1. The number of isothiocyanates is 1. The number of benzene rings is 2. The van der Waals surface area contributed by atoms with Crippen molar-refractivity contribution in [2.45, 2.75) is 0 Å². The molecule has 0 bridgehead atoms. The molecule has 0 aliphatic carbocycles. The minimum Gasteiger partial charge on any atom is -0.238 e. The fourth-order valence-electron chi connectivity index (χ4n) is 1.57. The zero-order valence-corrected chi connectivity index (χ0v) is 10.9. The third kappa shape index (κ3) is 3.72. The van der Waals surface area contributed by atoms with Gasteiger partial charge in [0.25, 0.3) is 0 Å². The van der Waals surface area contributed by atoms with Crippen molar-refractivity contribution in [3.8, 4) is 0 Å². The van der Waals surface area contributed by atoms with E-state index in [0.29, 0.717) is 5.69 Å². The van der Waals surface area contributed by atoms with E-state index in [1.807, 2.05) is 60.7 Å². The van der Waals surface area contributed by atoms with E-state index in [0.717, 1.165) is 16.8 Å². The molecule has 0 radical (unpaired) electrons. The average molecular weight is 262 g/mol. The van der Waals surface area contributed by atoms with Crippen LogP contribution in [-0.2, 0) is 0 Å². The first-order valence-corrected chi connectivity index (χ1v) is 6.06. The number of nitrogens with zero attached hydrogens (tertiary/aromatic N) is 2. The van der Waals surface area contributed by atoms with Crippen LogP contribution in [0.25, 0.3) is 17.0 Å². The Hall–Kier alpha value is -2.53. The van der Waals surface area contributed by atoms with Gasteiger partial charge in [-0.15, -0.1) is 0 Å². The molecule has 0 saturated heterocycles.